The van der Waals surface area contributed by atoms with E-state index < -0.39 is 5.60 Å². The minimum absolute atomic E-state index is 0.507. The average Bonchev–Trinajstić information content (AvgIpc) is 3.65. The first-order valence-electron chi connectivity index (χ1n) is 12.8. The SMILES string of the molecule is COCCOc1ccc2c(c1)ncn2-c1ccc2cc(N3CCC(O)(CNC4CC4)CC3)ccc2n1. The molecule has 2 aromatic heterocycles. The molecule has 2 aromatic carbocycles. The Kier molecular flexibility index (Phi) is 6.25. The number of benzene rings is 2. The molecule has 4 aromatic rings. The third-order valence-corrected chi connectivity index (χ3v) is 7.34. The molecule has 0 unspecified atom stereocenters. The molecule has 8 heteroatoms. The molecule has 36 heavy (non-hydrogen) atoms. The number of ether oxygens (including phenoxy) is 2. The van der Waals surface area contributed by atoms with Gasteiger partial charge in [-0.05, 0) is 68.1 Å². The summed E-state index contributed by atoms with van der Waals surface area (Å²) in [6.07, 6.45) is 5.87. The number of imidazole rings is 1. The maximum Gasteiger partial charge on any atom is 0.139 e. The zero-order chi connectivity index (χ0) is 24.5. The van der Waals surface area contributed by atoms with Gasteiger partial charge >= 0.3 is 0 Å². The van der Waals surface area contributed by atoms with Crippen molar-refractivity contribution in [3.63, 3.8) is 0 Å². The van der Waals surface area contributed by atoms with Crippen LogP contribution >= 0.6 is 0 Å². The second-order valence-electron chi connectivity index (χ2n) is 10.0. The van der Waals surface area contributed by atoms with Crippen molar-refractivity contribution >= 4 is 27.6 Å². The fourth-order valence-electron chi connectivity index (χ4n) is 4.92. The van der Waals surface area contributed by atoms with E-state index in [0.29, 0.717) is 25.8 Å². The number of nitrogens with zero attached hydrogens (tertiary/aromatic N) is 4. The lowest BCUT2D eigenvalue weighted by Crippen LogP contribution is -2.50. The van der Waals surface area contributed by atoms with Gasteiger partial charge in [-0.3, -0.25) is 4.57 Å². The van der Waals surface area contributed by atoms with E-state index in [2.05, 4.69) is 39.5 Å². The largest absolute Gasteiger partial charge is 0.491 e. The van der Waals surface area contributed by atoms with E-state index in [9.17, 15) is 5.11 Å². The third-order valence-electron chi connectivity index (χ3n) is 7.34. The Morgan fingerprint density at radius 1 is 1.03 bits per heavy atom. The molecular weight excluding hydrogens is 454 g/mol. The molecule has 2 aliphatic rings. The van der Waals surface area contributed by atoms with Crippen LogP contribution < -0.4 is 15.0 Å². The van der Waals surface area contributed by atoms with Crippen molar-refractivity contribution in [1.29, 1.82) is 0 Å². The van der Waals surface area contributed by atoms with E-state index in [1.807, 2.05) is 28.8 Å². The van der Waals surface area contributed by atoms with Gasteiger partial charge in [-0.2, -0.15) is 0 Å². The molecule has 0 amide bonds. The predicted molar refractivity (Wildman–Crippen MR) is 141 cm³/mol. The summed E-state index contributed by atoms with van der Waals surface area (Å²) in [6.45, 7) is 3.48. The molecule has 2 N–H and O–H groups in total. The molecule has 0 atom stereocenters. The van der Waals surface area contributed by atoms with E-state index >= 15 is 0 Å². The second-order valence-corrected chi connectivity index (χ2v) is 10.0. The van der Waals surface area contributed by atoms with Crippen LogP contribution in [-0.4, -0.2) is 71.2 Å². The van der Waals surface area contributed by atoms with Gasteiger partial charge < -0.3 is 24.8 Å². The molecule has 188 valence electrons. The highest BCUT2D eigenvalue weighted by molar-refractivity contribution is 5.84. The molecule has 1 aliphatic carbocycles. The molecule has 1 aliphatic heterocycles. The highest BCUT2D eigenvalue weighted by Gasteiger charge is 2.34. The van der Waals surface area contributed by atoms with Gasteiger partial charge in [-0.15, -0.1) is 0 Å². The van der Waals surface area contributed by atoms with Crippen molar-refractivity contribution in [2.24, 2.45) is 0 Å². The van der Waals surface area contributed by atoms with E-state index in [0.717, 1.165) is 59.4 Å². The number of hydrogen-bond donors (Lipinski definition) is 2. The van der Waals surface area contributed by atoms with Crippen molar-refractivity contribution in [3.05, 3.63) is 54.9 Å². The average molecular weight is 488 g/mol. The van der Waals surface area contributed by atoms with Crippen molar-refractivity contribution in [2.75, 3.05) is 44.9 Å². The lowest BCUT2D eigenvalue weighted by molar-refractivity contribution is 0.0164. The van der Waals surface area contributed by atoms with E-state index in [1.54, 1.807) is 13.4 Å². The fourth-order valence-corrected chi connectivity index (χ4v) is 4.92. The predicted octanol–water partition coefficient (Wildman–Crippen LogP) is 3.68. The van der Waals surface area contributed by atoms with Gasteiger partial charge in [0.05, 0.1) is 28.8 Å². The Bertz CT molecular complexity index is 1360. The molecule has 0 spiro atoms. The summed E-state index contributed by atoms with van der Waals surface area (Å²) < 4.78 is 12.8. The van der Waals surface area contributed by atoms with Crippen LogP contribution in [0.1, 0.15) is 25.7 Å². The molecule has 2 fully saturated rings. The van der Waals surface area contributed by atoms with Gasteiger partial charge in [0.1, 0.15) is 24.5 Å². The lowest BCUT2D eigenvalue weighted by Gasteiger charge is -2.39. The van der Waals surface area contributed by atoms with Gasteiger partial charge in [0.15, 0.2) is 0 Å². The zero-order valence-corrected chi connectivity index (χ0v) is 20.7. The van der Waals surface area contributed by atoms with Gasteiger partial charge in [0.2, 0.25) is 0 Å². The molecule has 8 nitrogen and oxygen atoms in total. The van der Waals surface area contributed by atoms with Crippen LogP contribution in [0, 0.1) is 0 Å². The van der Waals surface area contributed by atoms with Gasteiger partial charge in [0.25, 0.3) is 0 Å². The first-order valence-corrected chi connectivity index (χ1v) is 12.8. The number of piperidine rings is 1. The minimum Gasteiger partial charge on any atom is -0.491 e. The number of anilines is 1. The molecule has 1 saturated heterocycles. The summed E-state index contributed by atoms with van der Waals surface area (Å²) in [7, 11) is 1.66. The molecule has 0 radical (unpaired) electrons. The molecule has 0 bridgehead atoms. The van der Waals surface area contributed by atoms with E-state index in [1.165, 1.54) is 18.5 Å². The van der Waals surface area contributed by atoms with Crippen LogP contribution in [0.25, 0.3) is 27.8 Å². The number of rotatable bonds is 9. The Morgan fingerprint density at radius 2 is 1.89 bits per heavy atom. The molecule has 6 rings (SSSR count). The van der Waals surface area contributed by atoms with Crippen molar-refractivity contribution in [3.8, 4) is 11.6 Å². The second kappa shape index (κ2) is 9.69. The standard InChI is InChI=1S/C28H33N5O3/c1-35-14-15-36-23-6-8-26-25(17-23)30-19-33(26)27-9-2-20-16-22(5-7-24(20)31-27)32-12-10-28(34,11-13-32)18-29-21-3-4-21/h2,5-9,16-17,19,21,29,34H,3-4,10-15,18H2,1H3. The number of fused-ring (bicyclic) bond motifs is 2. The summed E-state index contributed by atoms with van der Waals surface area (Å²) in [5.74, 6) is 1.61. The Hall–Kier alpha value is -3.20. The van der Waals surface area contributed by atoms with Gasteiger partial charge in [0, 0.05) is 49.9 Å². The number of hydrogen-bond acceptors (Lipinski definition) is 7. The Morgan fingerprint density at radius 3 is 2.69 bits per heavy atom. The van der Waals surface area contributed by atoms with E-state index in [4.69, 9.17) is 14.5 Å². The molecule has 1 saturated carbocycles. The first-order chi connectivity index (χ1) is 17.6. The summed E-state index contributed by atoms with van der Waals surface area (Å²) in [4.78, 5) is 11.8. The summed E-state index contributed by atoms with van der Waals surface area (Å²) >= 11 is 0. The summed E-state index contributed by atoms with van der Waals surface area (Å²) in [5.41, 5.74) is 3.38. The molecule has 3 heterocycles. The van der Waals surface area contributed by atoms with E-state index in [-0.39, 0.29) is 0 Å². The van der Waals surface area contributed by atoms with Crippen LogP contribution in [-0.2, 0) is 4.74 Å². The quantitative estimate of drug-likeness (QED) is 0.349. The summed E-state index contributed by atoms with van der Waals surface area (Å²) in [6, 6.07) is 17.1. The lowest BCUT2D eigenvalue weighted by atomic mass is 9.91. The number of methoxy groups -OCH3 is 1. The van der Waals surface area contributed by atoms with Crippen LogP contribution in [0.4, 0.5) is 5.69 Å². The highest BCUT2D eigenvalue weighted by atomic mass is 16.5. The zero-order valence-electron chi connectivity index (χ0n) is 20.7. The smallest absolute Gasteiger partial charge is 0.139 e. The van der Waals surface area contributed by atoms with Crippen LogP contribution in [0.3, 0.4) is 0 Å². The maximum absolute atomic E-state index is 10.9. The number of aromatic nitrogens is 3. The minimum atomic E-state index is -0.587. The fraction of sp³-hybridized carbons (Fsp3) is 0.429. The Labute approximate surface area is 210 Å². The number of nitrogens with one attached hydrogen (secondary N) is 1. The first kappa shape index (κ1) is 23.2. The number of aliphatic hydroxyl groups is 1. The van der Waals surface area contributed by atoms with Crippen molar-refractivity contribution < 1.29 is 14.6 Å². The monoisotopic (exact) mass is 487 g/mol. The van der Waals surface area contributed by atoms with Crippen LogP contribution in [0.2, 0.25) is 0 Å². The molecular formula is C28H33N5O3. The van der Waals surface area contributed by atoms with Gasteiger partial charge in [-0.1, -0.05) is 0 Å². The van der Waals surface area contributed by atoms with Crippen molar-refractivity contribution in [1.82, 2.24) is 19.9 Å². The van der Waals surface area contributed by atoms with Crippen LogP contribution in [0.5, 0.6) is 5.75 Å². The van der Waals surface area contributed by atoms with Crippen molar-refractivity contribution in [2.45, 2.75) is 37.3 Å². The Balaban J connectivity index is 1.17. The van der Waals surface area contributed by atoms with Crippen LogP contribution in [0.15, 0.2) is 54.9 Å². The maximum atomic E-state index is 10.9. The number of pyridine rings is 1. The third kappa shape index (κ3) is 4.89. The van der Waals surface area contributed by atoms with Gasteiger partial charge in [-0.25, -0.2) is 9.97 Å². The topological polar surface area (TPSA) is 84.7 Å². The summed E-state index contributed by atoms with van der Waals surface area (Å²) in [5, 5.41) is 15.5. The normalized spacial score (nSPS) is 17.7. The highest BCUT2D eigenvalue weighted by Crippen LogP contribution is 2.30.